The van der Waals surface area contributed by atoms with Crippen LogP contribution in [0.25, 0.3) is 10.9 Å². The van der Waals surface area contributed by atoms with Crippen molar-refractivity contribution in [2.45, 2.75) is 24.7 Å². The van der Waals surface area contributed by atoms with Gasteiger partial charge in [0.25, 0.3) is 6.43 Å². The van der Waals surface area contributed by atoms with Crippen molar-refractivity contribution in [1.29, 1.82) is 0 Å². The van der Waals surface area contributed by atoms with E-state index in [4.69, 9.17) is 4.74 Å². The Bertz CT molecular complexity index is 957. The second-order valence-electron chi connectivity index (χ2n) is 7.00. The molecule has 0 saturated carbocycles. The summed E-state index contributed by atoms with van der Waals surface area (Å²) < 4.78 is 45.4. The van der Waals surface area contributed by atoms with Gasteiger partial charge in [-0.3, -0.25) is 0 Å². The maximum atomic E-state index is 13.4. The van der Waals surface area contributed by atoms with Crippen molar-refractivity contribution in [3.05, 3.63) is 65.7 Å². The van der Waals surface area contributed by atoms with E-state index >= 15 is 0 Å². The number of ether oxygens (including phenoxy) is 1. The van der Waals surface area contributed by atoms with Crippen molar-refractivity contribution < 1.29 is 17.9 Å². The quantitative estimate of drug-likeness (QED) is 0.679. The summed E-state index contributed by atoms with van der Waals surface area (Å²) in [6.45, 7) is 1.66. The normalized spacial score (nSPS) is 16.4. The van der Waals surface area contributed by atoms with Crippen LogP contribution in [0.3, 0.4) is 0 Å². The molecular formula is C21H20F3N3O. The standard InChI is InChI=1S/C21H20F3N3O/c22-15-7-5-14(6-8-15)21(9-11-28-12-10-21)13-25-19-16-3-1-2-4-17(16)26-20(27-19)18(23)24/h1-8,18H,9-13H2,(H,25,26,27). The molecule has 2 aromatic carbocycles. The number of anilines is 1. The summed E-state index contributed by atoms with van der Waals surface area (Å²) in [6, 6.07) is 13.5. The number of rotatable bonds is 5. The topological polar surface area (TPSA) is 47.0 Å². The van der Waals surface area contributed by atoms with E-state index in [-0.39, 0.29) is 11.2 Å². The van der Waals surface area contributed by atoms with Gasteiger partial charge in [-0.05, 0) is 42.7 Å². The Hall–Kier alpha value is -2.67. The number of fused-ring (bicyclic) bond motifs is 1. The number of para-hydroxylation sites is 1. The molecule has 0 amide bonds. The van der Waals surface area contributed by atoms with Crippen LogP contribution in [-0.2, 0) is 10.2 Å². The van der Waals surface area contributed by atoms with Crippen LogP contribution in [0.2, 0.25) is 0 Å². The van der Waals surface area contributed by atoms with Gasteiger partial charge in [-0.1, -0.05) is 24.3 Å². The number of hydrogen-bond donors (Lipinski definition) is 1. The van der Waals surface area contributed by atoms with E-state index in [9.17, 15) is 13.2 Å². The largest absolute Gasteiger partial charge is 0.381 e. The van der Waals surface area contributed by atoms with Gasteiger partial charge in [0.2, 0.25) is 0 Å². The molecule has 1 saturated heterocycles. The third kappa shape index (κ3) is 3.67. The minimum Gasteiger partial charge on any atom is -0.381 e. The van der Waals surface area contributed by atoms with Gasteiger partial charge < -0.3 is 10.1 Å². The summed E-state index contributed by atoms with van der Waals surface area (Å²) in [4.78, 5) is 8.01. The molecule has 0 bridgehead atoms. The lowest BCUT2D eigenvalue weighted by atomic mass is 9.74. The molecule has 1 N–H and O–H groups in total. The predicted octanol–water partition coefficient (Wildman–Crippen LogP) is 4.87. The van der Waals surface area contributed by atoms with Crippen molar-refractivity contribution in [2.24, 2.45) is 0 Å². The Morgan fingerprint density at radius 2 is 1.71 bits per heavy atom. The molecule has 2 heterocycles. The van der Waals surface area contributed by atoms with Crippen molar-refractivity contribution in [3.63, 3.8) is 0 Å². The molecule has 1 aliphatic rings. The Morgan fingerprint density at radius 3 is 2.43 bits per heavy atom. The number of aromatic nitrogens is 2. The van der Waals surface area contributed by atoms with Crippen molar-refractivity contribution in [2.75, 3.05) is 25.1 Å². The van der Waals surface area contributed by atoms with Gasteiger partial charge in [-0.25, -0.2) is 23.1 Å². The summed E-state index contributed by atoms with van der Waals surface area (Å²) in [7, 11) is 0. The number of halogens is 3. The molecule has 3 aromatic rings. The molecule has 0 spiro atoms. The highest BCUT2D eigenvalue weighted by Crippen LogP contribution is 2.36. The molecule has 7 heteroatoms. The highest BCUT2D eigenvalue weighted by atomic mass is 19.3. The van der Waals surface area contributed by atoms with Gasteiger partial charge in [-0.2, -0.15) is 0 Å². The van der Waals surface area contributed by atoms with E-state index in [0.29, 0.717) is 36.5 Å². The minimum absolute atomic E-state index is 0.289. The molecule has 0 unspecified atom stereocenters. The van der Waals surface area contributed by atoms with Crippen LogP contribution in [0.15, 0.2) is 48.5 Å². The Kier molecular flexibility index (Phi) is 5.17. The van der Waals surface area contributed by atoms with Crippen molar-refractivity contribution >= 4 is 16.7 Å². The van der Waals surface area contributed by atoms with Crippen LogP contribution in [0.1, 0.15) is 30.7 Å². The van der Waals surface area contributed by atoms with E-state index in [2.05, 4.69) is 15.3 Å². The fourth-order valence-electron chi connectivity index (χ4n) is 3.71. The van der Waals surface area contributed by atoms with E-state index in [0.717, 1.165) is 18.4 Å². The zero-order chi connectivity index (χ0) is 19.6. The van der Waals surface area contributed by atoms with Gasteiger partial charge in [0.05, 0.1) is 5.52 Å². The Balaban J connectivity index is 1.68. The second-order valence-corrected chi connectivity index (χ2v) is 7.00. The third-order valence-corrected chi connectivity index (χ3v) is 5.32. The van der Waals surface area contributed by atoms with Crippen LogP contribution in [0.4, 0.5) is 19.0 Å². The summed E-state index contributed by atoms with van der Waals surface area (Å²) in [5.41, 5.74) is 1.18. The summed E-state index contributed by atoms with van der Waals surface area (Å²) >= 11 is 0. The van der Waals surface area contributed by atoms with E-state index in [1.165, 1.54) is 12.1 Å². The smallest absolute Gasteiger partial charge is 0.297 e. The summed E-state index contributed by atoms with van der Waals surface area (Å²) in [5, 5.41) is 3.96. The lowest BCUT2D eigenvalue weighted by Crippen LogP contribution is -2.40. The summed E-state index contributed by atoms with van der Waals surface area (Å²) in [6.07, 6.45) is -1.26. The molecule has 1 fully saturated rings. The van der Waals surface area contributed by atoms with Crippen LogP contribution < -0.4 is 5.32 Å². The molecule has 4 rings (SSSR count). The van der Waals surface area contributed by atoms with E-state index in [1.54, 1.807) is 24.3 Å². The summed E-state index contributed by atoms with van der Waals surface area (Å²) in [5.74, 6) is -0.403. The number of alkyl halides is 2. The first-order chi connectivity index (χ1) is 13.6. The molecule has 1 aromatic heterocycles. The number of nitrogens with zero attached hydrogens (tertiary/aromatic N) is 2. The second kappa shape index (κ2) is 7.75. The van der Waals surface area contributed by atoms with Gasteiger partial charge in [-0.15, -0.1) is 0 Å². The van der Waals surface area contributed by atoms with Crippen molar-refractivity contribution in [1.82, 2.24) is 9.97 Å². The van der Waals surface area contributed by atoms with Crippen LogP contribution in [-0.4, -0.2) is 29.7 Å². The minimum atomic E-state index is -2.75. The maximum Gasteiger partial charge on any atom is 0.297 e. The first-order valence-electron chi connectivity index (χ1n) is 9.20. The molecule has 4 nitrogen and oxygen atoms in total. The molecule has 0 radical (unpaired) electrons. The molecule has 0 aliphatic carbocycles. The molecular weight excluding hydrogens is 367 g/mol. The SMILES string of the molecule is Fc1ccc(C2(CNc3nc(C(F)F)nc4ccccc34)CCOCC2)cc1. The van der Waals surface area contributed by atoms with Gasteiger partial charge in [0.1, 0.15) is 11.6 Å². The average molecular weight is 387 g/mol. The average Bonchev–Trinajstić information content (AvgIpc) is 2.73. The number of benzene rings is 2. The Morgan fingerprint density at radius 1 is 1.00 bits per heavy atom. The zero-order valence-electron chi connectivity index (χ0n) is 15.2. The Labute approximate surface area is 160 Å². The van der Waals surface area contributed by atoms with Gasteiger partial charge in [0, 0.05) is 30.6 Å². The molecule has 28 heavy (non-hydrogen) atoms. The fourth-order valence-corrected chi connectivity index (χ4v) is 3.71. The molecule has 0 atom stereocenters. The maximum absolute atomic E-state index is 13.4. The lowest BCUT2D eigenvalue weighted by Gasteiger charge is -2.38. The van der Waals surface area contributed by atoms with Gasteiger partial charge in [0.15, 0.2) is 5.82 Å². The van der Waals surface area contributed by atoms with Crippen LogP contribution >= 0.6 is 0 Å². The van der Waals surface area contributed by atoms with Crippen molar-refractivity contribution in [3.8, 4) is 0 Å². The highest BCUT2D eigenvalue weighted by Gasteiger charge is 2.34. The monoisotopic (exact) mass is 387 g/mol. The van der Waals surface area contributed by atoms with Gasteiger partial charge >= 0.3 is 0 Å². The van der Waals surface area contributed by atoms with E-state index in [1.807, 2.05) is 12.1 Å². The number of nitrogens with one attached hydrogen (secondary N) is 1. The predicted molar refractivity (Wildman–Crippen MR) is 101 cm³/mol. The highest BCUT2D eigenvalue weighted by molar-refractivity contribution is 5.89. The first kappa shape index (κ1) is 18.7. The number of hydrogen-bond acceptors (Lipinski definition) is 4. The molecule has 1 aliphatic heterocycles. The van der Waals surface area contributed by atoms with E-state index < -0.39 is 12.2 Å². The molecule has 146 valence electrons. The third-order valence-electron chi connectivity index (χ3n) is 5.32. The lowest BCUT2D eigenvalue weighted by molar-refractivity contribution is 0.0543. The van der Waals surface area contributed by atoms with Crippen LogP contribution in [0.5, 0.6) is 0 Å². The fraction of sp³-hybridized carbons (Fsp3) is 0.333. The van der Waals surface area contributed by atoms with Crippen LogP contribution in [0, 0.1) is 5.82 Å². The zero-order valence-corrected chi connectivity index (χ0v) is 15.2. The first-order valence-corrected chi connectivity index (χ1v) is 9.20.